The van der Waals surface area contributed by atoms with E-state index in [4.69, 9.17) is 39.5 Å². The van der Waals surface area contributed by atoms with Crippen molar-refractivity contribution >= 4 is 46.7 Å². The molecule has 0 saturated heterocycles. The molecule has 0 aliphatic heterocycles. The average Bonchev–Trinajstić information content (AvgIpc) is 2.37. The second kappa shape index (κ2) is 11.5. The number of halogens is 3. The van der Waals surface area contributed by atoms with Crippen LogP contribution in [0.4, 0.5) is 0 Å². The number of carbonyl (C=O) groups excluding carboxylic acids is 2. The molecule has 118 valence electrons. The van der Waals surface area contributed by atoms with E-state index in [0.29, 0.717) is 6.61 Å². The molecule has 0 rings (SSSR count). The van der Waals surface area contributed by atoms with Crippen LogP contribution in [0.1, 0.15) is 51.9 Å². The minimum atomic E-state index is -1.63. The molecule has 0 amide bonds. The van der Waals surface area contributed by atoms with Gasteiger partial charge in [-0.05, 0) is 6.42 Å². The quantitative estimate of drug-likeness (QED) is 0.338. The van der Waals surface area contributed by atoms with Crippen molar-refractivity contribution < 1.29 is 19.1 Å². The maximum absolute atomic E-state index is 11.3. The van der Waals surface area contributed by atoms with Crippen molar-refractivity contribution in [2.24, 2.45) is 0 Å². The fourth-order valence-corrected chi connectivity index (χ4v) is 1.57. The highest BCUT2D eigenvalue weighted by atomic mass is 35.6. The molecule has 0 fully saturated rings. The Labute approximate surface area is 135 Å². The Balaban J connectivity index is 3.50. The van der Waals surface area contributed by atoms with Gasteiger partial charge in [-0.1, -0.05) is 67.4 Å². The summed E-state index contributed by atoms with van der Waals surface area (Å²) in [5, 5.41) is 0. The first-order chi connectivity index (χ1) is 9.35. The lowest BCUT2D eigenvalue weighted by Crippen LogP contribution is -2.18. The van der Waals surface area contributed by atoms with Gasteiger partial charge in [-0.25, -0.2) is 0 Å². The van der Waals surface area contributed by atoms with Crippen LogP contribution >= 0.6 is 34.8 Å². The number of hydrogen-bond donors (Lipinski definition) is 0. The van der Waals surface area contributed by atoms with E-state index in [1.807, 2.05) is 0 Å². The molecule has 0 aromatic carbocycles. The molecule has 4 nitrogen and oxygen atoms in total. The van der Waals surface area contributed by atoms with Gasteiger partial charge in [0.15, 0.2) is 0 Å². The van der Waals surface area contributed by atoms with Crippen molar-refractivity contribution in [2.45, 2.75) is 55.7 Å². The summed E-state index contributed by atoms with van der Waals surface area (Å²) >= 11 is 16.3. The second-order valence-electron chi connectivity index (χ2n) is 4.41. The Bertz CT molecular complexity index is 290. The summed E-state index contributed by atoms with van der Waals surface area (Å²) in [6, 6.07) is 0. The highest BCUT2D eigenvalue weighted by Gasteiger charge is 2.22. The standard InChI is InChI=1S/C13H21Cl3O4/c1-2-3-4-5-6-9-19-11(17)7-8-12(18)20-10-13(14,15)16/h2-10H2,1H3. The third-order valence-electron chi connectivity index (χ3n) is 2.44. The third kappa shape index (κ3) is 14.2. The number of alkyl halides is 3. The van der Waals surface area contributed by atoms with E-state index in [0.717, 1.165) is 19.3 Å². The van der Waals surface area contributed by atoms with Crippen molar-refractivity contribution in [1.82, 2.24) is 0 Å². The molecule has 0 aromatic heterocycles. The molecule has 0 aromatic rings. The van der Waals surface area contributed by atoms with Gasteiger partial charge < -0.3 is 9.47 Å². The van der Waals surface area contributed by atoms with Gasteiger partial charge in [0, 0.05) is 0 Å². The summed E-state index contributed by atoms with van der Waals surface area (Å²) in [5.41, 5.74) is 0. The van der Waals surface area contributed by atoms with Gasteiger partial charge in [-0.2, -0.15) is 0 Å². The first-order valence-electron chi connectivity index (χ1n) is 6.73. The first-order valence-corrected chi connectivity index (χ1v) is 7.86. The van der Waals surface area contributed by atoms with Crippen LogP contribution in [0.3, 0.4) is 0 Å². The summed E-state index contributed by atoms with van der Waals surface area (Å²) in [7, 11) is 0. The number of hydrogen-bond acceptors (Lipinski definition) is 4. The van der Waals surface area contributed by atoms with Crippen LogP contribution in [0.15, 0.2) is 0 Å². The lowest BCUT2D eigenvalue weighted by Gasteiger charge is -2.11. The molecule has 0 aliphatic rings. The van der Waals surface area contributed by atoms with Gasteiger partial charge in [-0.3, -0.25) is 9.59 Å². The zero-order valence-corrected chi connectivity index (χ0v) is 13.9. The summed E-state index contributed by atoms with van der Waals surface area (Å²) in [5.74, 6) is -0.998. The lowest BCUT2D eigenvalue weighted by atomic mass is 10.2. The molecule has 0 bridgehead atoms. The van der Waals surface area contributed by atoms with Crippen LogP contribution in [0.2, 0.25) is 0 Å². The maximum Gasteiger partial charge on any atom is 0.306 e. The minimum Gasteiger partial charge on any atom is -0.466 e. The van der Waals surface area contributed by atoms with E-state index in [1.165, 1.54) is 12.8 Å². The van der Waals surface area contributed by atoms with Crippen LogP contribution < -0.4 is 0 Å². The van der Waals surface area contributed by atoms with E-state index in [9.17, 15) is 9.59 Å². The molecule has 0 unspecified atom stereocenters. The van der Waals surface area contributed by atoms with Crippen molar-refractivity contribution in [3.05, 3.63) is 0 Å². The molecule has 0 N–H and O–H groups in total. The Hall–Kier alpha value is -0.190. The van der Waals surface area contributed by atoms with Crippen LogP contribution in [-0.4, -0.2) is 28.9 Å². The molecule has 0 atom stereocenters. The van der Waals surface area contributed by atoms with Gasteiger partial charge in [0.05, 0.1) is 19.4 Å². The molecule has 20 heavy (non-hydrogen) atoms. The predicted molar refractivity (Wildman–Crippen MR) is 80.2 cm³/mol. The van der Waals surface area contributed by atoms with Crippen molar-refractivity contribution in [1.29, 1.82) is 0 Å². The van der Waals surface area contributed by atoms with E-state index in [-0.39, 0.29) is 19.4 Å². The molecule has 7 heteroatoms. The zero-order valence-electron chi connectivity index (χ0n) is 11.6. The Morgan fingerprint density at radius 1 is 0.900 bits per heavy atom. The maximum atomic E-state index is 11.3. The molecule has 0 heterocycles. The fraction of sp³-hybridized carbons (Fsp3) is 0.846. The van der Waals surface area contributed by atoms with E-state index in [1.54, 1.807) is 0 Å². The van der Waals surface area contributed by atoms with Crippen molar-refractivity contribution in [3.63, 3.8) is 0 Å². The molecular formula is C13H21Cl3O4. The summed E-state index contributed by atoms with van der Waals surface area (Å²) < 4.78 is 8.05. The smallest absolute Gasteiger partial charge is 0.306 e. The largest absolute Gasteiger partial charge is 0.466 e. The SMILES string of the molecule is CCCCCCCOC(=O)CCC(=O)OCC(Cl)(Cl)Cl. The Morgan fingerprint density at radius 2 is 1.45 bits per heavy atom. The Morgan fingerprint density at radius 3 is 2.00 bits per heavy atom. The average molecular weight is 348 g/mol. The normalized spacial score (nSPS) is 11.2. The number of rotatable bonds is 10. The minimum absolute atomic E-state index is 0.0202. The van der Waals surface area contributed by atoms with Gasteiger partial charge >= 0.3 is 11.9 Å². The highest BCUT2D eigenvalue weighted by molar-refractivity contribution is 6.67. The van der Waals surface area contributed by atoms with Gasteiger partial charge in [-0.15, -0.1) is 0 Å². The van der Waals surface area contributed by atoms with Crippen molar-refractivity contribution in [3.8, 4) is 0 Å². The van der Waals surface area contributed by atoms with Crippen molar-refractivity contribution in [2.75, 3.05) is 13.2 Å². The lowest BCUT2D eigenvalue weighted by molar-refractivity contribution is -0.150. The zero-order chi connectivity index (χ0) is 15.4. The fourth-order valence-electron chi connectivity index (χ4n) is 1.40. The summed E-state index contributed by atoms with van der Waals surface area (Å²) in [4.78, 5) is 22.6. The van der Waals surface area contributed by atoms with E-state index >= 15 is 0 Å². The molecule has 0 aliphatic carbocycles. The number of esters is 2. The topological polar surface area (TPSA) is 52.6 Å². The summed E-state index contributed by atoms with van der Waals surface area (Å²) in [6.45, 7) is 2.20. The van der Waals surface area contributed by atoms with Crippen LogP contribution in [0, 0.1) is 0 Å². The van der Waals surface area contributed by atoms with Crippen LogP contribution in [-0.2, 0) is 19.1 Å². The first kappa shape index (κ1) is 19.8. The third-order valence-corrected chi connectivity index (χ3v) is 2.77. The molecular weight excluding hydrogens is 326 g/mol. The molecule has 0 radical (unpaired) electrons. The second-order valence-corrected chi connectivity index (χ2v) is 6.93. The molecule has 0 saturated carbocycles. The van der Waals surface area contributed by atoms with Gasteiger partial charge in [0.25, 0.3) is 0 Å². The van der Waals surface area contributed by atoms with E-state index in [2.05, 4.69) is 11.7 Å². The monoisotopic (exact) mass is 346 g/mol. The number of ether oxygens (including phenoxy) is 2. The van der Waals surface area contributed by atoms with Gasteiger partial charge in [0.2, 0.25) is 3.79 Å². The van der Waals surface area contributed by atoms with Gasteiger partial charge in [0.1, 0.15) is 6.61 Å². The van der Waals surface area contributed by atoms with Crippen LogP contribution in [0.5, 0.6) is 0 Å². The summed E-state index contributed by atoms with van der Waals surface area (Å²) in [6.07, 6.45) is 5.33. The predicted octanol–water partition coefficient (Wildman–Crippen LogP) is 4.19. The number of carbonyl (C=O) groups is 2. The van der Waals surface area contributed by atoms with Crippen LogP contribution in [0.25, 0.3) is 0 Å². The molecule has 0 spiro atoms. The van der Waals surface area contributed by atoms with E-state index < -0.39 is 15.7 Å². The Kier molecular flexibility index (Phi) is 11.4. The number of unbranched alkanes of at least 4 members (excludes halogenated alkanes) is 4. The highest BCUT2D eigenvalue weighted by Crippen LogP contribution is 2.26.